The van der Waals surface area contributed by atoms with Gasteiger partial charge in [0.15, 0.2) is 5.16 Å². The van der Waals surface area contributed by atoms with Gasteiger partial charge in [0.2, 0.25) is 0 Å². The number of aliphatic carboxylic acids is 1. The van der Waals surface area contributed by atoms with E-state index in [0.717, 1.165) is 24.4 Å². The summed E-state index contributed by atoms with van der Waals surface area (Å²) in [5.41, 5.74) is 1.01. The molecule has 7 heteroatoms. The maximum Gasteiger partial charge on any atom is 0.313 e. The molecule has 0 spiro atoms. The number of carbonyl (C=O) groups is 1. The Balaban J connectivity index is 2.10. The Morgan fingerprint density at radius 1 is 1.33 bits per heavy atom. The van der Waals surface area contributed by atoms with Crippen molar-refractivity contribution in [1.82, 2.24) is 19.7 Å². The quantitative estimate of drug-likeness (QED) is 0.790. The average molecular weight is 306 g/mol. The number of pyridine rings is 1. The summed E-state index contributed by atoms with van der Waals surface area (Å²) < 4.78 is 2.00. The smallest absolute Gasteiger partial charge is 0.313 e. The molecule has 2 rings (SSSR count). The molecular formula is C14H18N4O2S. The molecule has 0 saturated carbocycles. The van der Waals surface area contributed by atoms with Crippen molar-refractivity contribution in [1.29, 1.82) is 0 Å². The summed E-state index contributed by atoms with van der Waals surface area (Å²) in [5, 5.41) is 17.7. The Bertz CT molecular complexity index is 598. The van der Waals surface area contributed by atoms with Crippen LogP contribution >= 0.6 is 11.8 Å². The first-order chi connectivity index (χ1) is 10.1. The van der Waals surface area contributed by atoms with Gasteiger partial charge in [-0.25, -0.2) is 0 Å². The van der Waals surface area contributed by atoms with Crippen molar-refractivity contribution in [3.05, 3.63) is 35.9 Å². The van der Waals surface area contributed by atoms with Gasteiger partial charge in [-0.3, -0.25) is 9.78 Å². The number of thioether (sulfide) groups is 1. The number of aromatic nitrogens is 4. The normalized spacial score (nSPS) is 11.0. The lowest BCUT2D eigenvalue weighted by Gasteiger charge is -2.13. The van der Waals surface area contributed by atoms with Gasteiger partial charge >= 0.3 is 5.97 Å². The van der Waals surface area contributed by atoms with E-state index in [2.05, 4.69) is 15.2 Å². The van der Waals surface area contributed by atoms with Crippen LogP contribution in [0, 0.1) is 0 Å². The molecule has 0 radical (unpaired) electrons. The van der Waals surface area contributed by atoms with Crippen LogP contribution < -0.4 is 0 Å². The third kappa shape index (κ3) is 4.29. The molecule has 112 valence electrons. The lowest BCUT2D eigenvalue weighted by molar-refractivity contribution is -0.133. The molecule has 2 heterocycles. The number of aryl methyl sites for hydroxylation is 2. The van der Waals surface area contributed by atoms with Crippen LogP contribution in [0.2, 0.25) is 0 Å². The van der Waals surface area contributed by atoms with E-state index in [1.54, 1.807) is 6.20 Å². The molecule has 0 aromatic carbocycles. The molecule has 0 fully saturated rings. The Kier molecular flexibility index (Phi) is 5.32. The van der Waals surface area contributed by atoms with Crippen LogP contribution in [0.3, 0.4) is 0 Å². The van der Waals surface area contributed by atoms with Gasteiger partial charge in [-0.15, -0.1) is 10.2 Å². The van der Waals surface area contributed by atoms with Crippen molar-refractivity contribution < 1.29 is 9.90 Å². The third-order valence-corrected chi connectivity index (χ3v) is 3.84. The second-order valence-electron chi connectivity index (χ2n) is 4.87. The topological polar surface area (TPSA) is 80.9 Å². The molecule has 6 nitrogen and oxygen atoms in total. The minimum absolute atomic E-state index is 0.00884. The minimum Gasteiger partial charge on any atom is -0.481 e. The number of rotatable bonds is 7. The number of hydrogen-bond acceptors (Lipinski definition) is 5. The molecule has 0 aliphatic rings. The first kappa shape index (κ1) is 15.5. The molecule has 2 aromatic rings. The molecule has 0 amide bonds. The lowest BCUT2D eigenvalue weighted by atomic mass is 10.2. The van der Waals surface area contributed by atoms with Gasteiger partial charge < -0.3 is 9.67 Å². The van der Waals surface area contributed by atoms with Gasteiger partial charge in [0.25, 0.3) is 0 Å². The average Bonchev–Trinajstić information content (AvgIpc) is 2.87. The largest absolute Gasteiger partial charge is 0.481 e. The summed E-state index contributed by atoms with van der Waals surface area (Å²) in [6, 6.07) is 6.02. The van der Waals surface area contributed by atoms with Crippen molar-refractivity contribution in [3.63, 3.8) is 0 Å². The van der Waals surface area contributed by atoms with Gasteiger partial charge in [-0.05, 0) is 32.4 Å². The van der Waals surface area contributed by atoms with E-state index < -0.39 is 5.97 Å². The number of carboxylic acids is 1. The van der Waals surface area contributed by atoms with E-state index in [9.17, 15) is 4.79 Å². The summed E-state index contributed by atoms with van der Waals surface area (Å²) in [4.78, 5) is 15.0. The molecule has 0 unspecified atom stereocenters. The second-order valence-corrected chi connectivity index (χ2v) is 5.81. The lowest BCUT2D eigenvalue weighted by Crippen LogP contribution is -2.10. The van der Waals surface area contributed by atoms with Gasteiger partial charge in [0.1, 0.15) is 5.82 Å². The van der Waals surface area contributed by atoms with Crippen LogP contribution in [0.1, 0.15) is 31.4 Å². The van der Waals surface area contributed by atoms with Crippen LogP contribution in [-0.4, -0.2) is 36.6 Å². The van der Waals surface area contributed by atoms with Crippen LogP contribution in [0.15, 0.2) is 29.6 Å². The molecule has 1 N–H and O–H groups in total. The monoisotopic (exact) mass is 306 g/mol. The van der Waals surface area contributed by atoms with Gasteiger partial charge in [-0.2, -0.15) is 0 Å². The standard InChI is InChI=1S/C14H18N4O2S/c1-10(2)18-12(7-6-11-5-3-4-8-15-11)16-17-14(18)21-9-13(19)20/h3-5,8,10H,6-7,9H2,1-2H3,(H,19,20). The molecule has 0 saturated heterocycles. The summed E-state index contributed by atoms with van der Waals surface area (Å²) in [6.45, 7) is 4.08. The maximum absolute atomic E-state index is 10.7. The molecule has 0 aliphatic carbocycles. The van der Waals surface area contributed by atoms with E-state index in [1.165, 1.54) is 11.8 Å². The summed E-state index contributed by atoms with van der Waals surface area (Å²) in [7, 11) is 0. The first-order valence-electron chi connectivity index (χ1n) is 6.76. The highest BCUT2D eigenvalue weighted by Gasteiger charge is 2.16. The maximum atomic E-state index is 10.7. The van der Waals surface area contributed by atoms with Crippen molar-refractivity contribution >= 4 is 17.7 Å². The fourth-order valence-electron chi connectivity index (χ4n) is 2.01. The van der Waals surface area contributed by atoms with Crippen molar-refractivity contribution in [2.75, 3.05) is 5.75 Å². The first-order valence-corrected chi connectivity index (χ1v) is 7.74. The highest BCUT2D eigenvalue weighted by atomic mass is 32.2. The van der Waals surface area contributed by atoms with Gasteiger partial charge in [-0.1, -0.05) is 17.8 Å². The zero-order chi connectivity index (χ0) is 15.2. The van der Waals surface area contributed by atoms with Crippen molar-refractivity contribution in [2.45, 2.75) is 37.9 Å². The molecule has 0 atom stereocenters. The number of hydrogen-bond donors (Lipinski definition) is 1. The molecular weight excluding hydrogens is 288 g/mol. The predicted octanol–water partition coefficient (Wildman–Crippen LogP) is 2.22. The van der Waals surface area contributed by atoms with Crippen molar-refractivity contribution in [2.24, 2.45) is 0 Å². The second kappa shape index (κ2) is 7.21. The van der Waals surface area contributed by atoms with Crippen LogP contribution in [-0.2, 0) is 17.6 Å². The molecule has 0 bridgehead atoms. The molecule has 2 aromatic heterocycles. The predicted molar refractivity (Wildman–Crippen MR) is 80.4 cm³/mol. The van der Waals surface area contributed by atoms with Gasteiger partial charge in [0.05, 0.1) is 5.75 Å². The Morgan fingerprint density at radius 2 is 2.14 bits per heavy atom. The summed E-state index contributed by atoms with van der Waals surface area (Å²) in [5.74, 6) is 0.00217. The van der Waals surface area contributed by atoms with E-state index in [1.807, 2.05) is 36.6 Å². The van der Waals surface area contributed by atoms with Crippen LogP contribution in [0.25, 0.3) is 0 Å². The number of nitrogens with zero attached hydrogens (tertiary/aromatic N) is 4. The minimum atomic E-state index is -0.853. The van der Waals surface area contributed by atoms with E-state index in [-0.39, 0.29) is 11.8 Å². The fourth-order valence-corrected chi connectivity index (χ4v) is 2.81. The Hall–Kier alpha value is -1.89. The summed E-state index contributed by atoms with van der Waals surface area (Å²) in [6.07, 6.45) is 3.29. The van der Waals surface area contributed by atoms with Crippen molar-refractivity contribution in [3.8, 4) is 0 Å². The highest BCUT2D eigenvalue weighted by Crippen LogP contribution is 2.22. The Labute approximate surface area is 127 Å². The third-order valence-electron chi connectivity index (χ3n) is 2.91. The van der Waals surface area contributed by atoms with Gasteiger partial charge in [0, 0.05) is 24.4 Å². The van der Waals surface area contributed by atoms with E-state index >= 15 is 0 Å². The Morgan fingerprint density at radius 3 is 2.76 bits per heavy atom. The van der Waals surface area contributed by atoms with Crippen LogP contribution in [0.4, 0.5) is 0 Å². The summed E-state index contributed by atoms with van der Waals surface area (Å²) >= 11 is 1.20. The molecule has 21 heavy (non-hydrogen) atoms. The van der Waals surface area contributed by atoms with E-state index in [4.69, 9.17) is 5.11 Å². The SMILES string of the molecule is CC(C)n1c(CCc2ccccn2)nnc1SCC(=O)O. The zero-order valence-electron chi connectivity index (χ0n) is 12.1. The highest BCUT2D eigenvalue weighted by molar-refractivity contribution is 7.99. The zero-order valence-corrected chi connectivity index (χ0v) is 12.9. The number of carboxylic acid groups (broad SMARTS) is 1. The fraction of sp³-hybridized carbons (Fsp3) is 0.429. The van der Waals surface area contributed by atoms with Crippen LogP contribution in [0.5, 0.6) is 0 Å². The molecule has 0 aliphatic heterocycles. The van der Waals surface area contributed by atoms with E-state index in [0.29, 0.717) is 5.16 Å².